The second kappa shape index (κ2) is 6.02. The van der Waals surface area contributed by atoms with E-state index < -0.39 is 0 Å². The van der Waals surface area contributed by atoms with Crippen molar-refractivity contribution < 1.29 is 0 Å². The lowest BCUT2D eigenvalue weighted by molar-refractivity contribution is 0.879. The fraction of sp³-hybridized carbons (Fsp3) is 0.118. The molecule has 0 aliphatic rings. The molecule has 0 fully saturated rings. The number of hydrogen-bond acceptors (Lipinski definition) is 2. The maximum Gasteiger partial charge on any atom is 0.0645 e. The Labute approximate surface area is 129 Å². The summed E-state index contributed by atoms with van der Waals surface area (Å²) in [4.78, 5) is 0. The molecule has 0 atom stereocenters. The Bertz CT molecular complexity index is 718. The van der Waals surface area contributed by atoms with Crippen LogP contribution in [0.1, 0.15) is 11.1 Å². The zero-order valence-electron chi connectivity index (χ0n) is 11.8. The van der Waals surface area contributed by atoms with Crippen molar-refractivity contribution in [2.45, 2.75) is 13.5 Å². The lowest BCUT2D eigenvalue weighted by Crippen LogP contribution is -2.01. The van der Waals surface area contributed by atoms with Gasteiger partial charge in [-0.15, -0.1) is 0 Å². The molecule has 0 radical (unpaired) electrons. The highest BCUT2D eigenvalue weighted by Crippen LogP contribution is 2.23. The molecule has 0 amide bonds. The molecule has 3 aromatic rings. The number of nitrogens with zero attached hydrogens (tertiary/aromatic N) is 2. The number of aryl methyl sites for hydroxylation is 1. The first-order chi connectivity index (χ1) is 10.2. The SMILES string of the molecule is Cc1ccc(NCc2ccc(-n3cccn3)cc2)c(Cl)c1. The summed E-state index contributed by atoms with van der Waals surface area (Å²) in [6.07, 6.45) is 3.70. The van der Waals surface area contributed by atoms with Crippen LogP contribution in [0.3, 0.4) is 0 Å². The van der Waals surface area contributed by atoms with E-state index >= 15 is 0 Å². The van der Waals surface area contributed by atoms with Crippen molar-refractivity contribution in [1.82, 2.24) is 9.78 Å². The van der Waals surface area contributed by atoms with E-state index in [-0.39, 0.29) is 0 Å². The first kappa shape index (κ1) is 13.7. The third-order valence-corrected chi connectivity index (χ3v) is 3.63. The summed E-state index contributed by atoms with van der Waals surface area (Å²) < 4.78 is 1.84. The maximum atomic E-state index is 6.21. The van der Waals surface area contributed by atoms with Gasteiger partial charge < -0.3 is 5.32 Å². The average Bonchev–Trinajstić information content (AvgIpc) is 3.01. The number of nitrogens with one attached hydrogen (secondary N) is 1. The van der Waals surface area contributed by atoms with Gasteiger partial charge >= 0.3 is 0 Å². The van der Waals surface area contributed by atoms with Crippen molar-refractivity contribution in [3.63, 3.8) is 0 Å². The highest BCUT2D eigenvalue weighted by atomic mass is 35.5. The monoisotopic (exact) mass is 297 g/mol. The molecular formula is C17H16ClN3. The zero-order chi connectivity index (χ0) is 14.7. The first-order valence-corrected chi connectivity index (χ1v) is 7.19. The normalized spacial score (nSPS) is 10.6. The molecule has 3 rings (SSSR count). The van der Waals surface area contributed by atoms with Gasteiger partial charge in [0.15, 0.2) is 0 Å². The van der Waals surface area contributed by atoms with E-state index in [4.69, 9.17) is 11.6 Å². The van der Waals surface area contributed by atoms with Crippen LogP contribution < -0.4 is 5.32 Å². The molecule has 1 heterocycles. The Balaban J connectivity index is 1.68. The molecule has 0 unspecified atom stereocenters. The number of anilines is 1. The number of benzene rings is 2. The van der Waals surface area contributed by atoms with Gasteiger partial charge in [-0.3, -0.25) is 0 Å². The van der Waals surface area contributed by atoms with Gasteiger partial charge in [-0.1, -0.05) is 29.8 Å². The van der Waals surface area contributed by atoms with Gasteiger partial charge in [-0.05, 0) is 48.4 Å². The second-order valence-electron chi connectivity index (χ2n) is 4.95. The van der Waals surface area contributed by atoms with Crippen LogP contribution >= 0.6 is 11.6 Å². The molecule has 3 nitrogen and oxygen atoms in total. The predicted molar refractivity (Wildman–Crippen MR) is 87.1 cm³/mol. The van der Waals surface area contributed by atoms with E-state index in [1.165, 1.54) is 5.56 Å². The number of aromatic nitrogens is 2. The van der Waals surface area contributed by atoms with Gasteiger partial charge in [-0.2, -0.15) is 5.10 Å². The van der Waals surface area contributed by atoms with Crippen LogP contribution in [0.5, 0.6) is 0 Å². The molecule has 0 bridgehead atoms. The molecule has 21 heavy (non-hydrogen) atoms. The molecule has 4 heteroatoms. The molecular weight excluding hydrogens is 282 g/mol. The van der Waals surface area contributed by atoms with Crippen LogP contribution in [0.25, 0.3) is 5.69 Å². The summed E-state index contributed by atoms with van der Waals surface area (Å²) in [6.45, 7) is 2.77. The minimum Gasteiger partial charge on any atom is -0.380 e. The highest BCUT2D eigenvalue weighted by molar-refractivity contribution is 6.33. The molecule has 0 saturated heterocycles. The van der Waals surface area contributed by atoms with Gasteiger partial charge in [0.2, 0.25) is 0 Å². The maximum absolute atomic E-state index is 6.21. The fourth-order valence-electron chi connectivity index (χ4n) is 2.15. The average molecular weight is 298 g/mol. The van der Waals surface area contributed by atoms with Gasteiger partial charge in [0, 0.05) is 18.9 Å². The lowest BCUT2D eigenvalue weighted by Gasteiger charge is -2.10. The predicted octanol–water partition coefficient (Wildman–Crippen LogP) is 4.45. The van der Waals surface area contributed by atoms with E-state index in [1.54, 1.807) is 6.20 Å². The molecule has 0 aliphatic heterocycles. The Kier molecular flexibility index (Phi) is 3.93. The smallest absolute Gasteiger partial charge is 0.0645 e. The highest BCUT2D eigenvalue weighted by Gasteiger charge is 2.01. The molecule has 106 valence electrons. The quantitative estimate of drug-likeness (QED) is 0.771. The minimum atomic E-state index is 0.738. The molecule has 0 aliphatic carbocycles. The molecule has 0 spiro atoms. The van der Waals surface area contributed by atoms with Crippen LogP contribution in [0, 0.1) is 6.92 Å². The van der Waals surface area contributed by atoms with Crippen molar-refractivity contribution in [1.29, 1.82) is 0 Å². The van der Waals surface area contributed by atoms with Gasteiger partial charge in [0.1, 0.15) is 0 Å². The third kappa shape index (κ3) is 3.26. The van der Waals surface area contributed by atoms with E-state index in [0.29, 0.717) is 0 Å². The molecule has 1 aromatic heterocycles. The number of hydrogen-bond donors (Lipinski definition) is 1. The topological polar surface area (TPSA) is 29.9 Å². The van der Waals surface area contributed by atoms with E-state index in [9.17, 15) is 0 Å². The molecule has 0 saturated carbocycles. The van der Waals surface area contributed by atoms with Crippen molar-refractivity contribution in [3.05, 3.63) is 77.1 Å². The zero-order valence-corrected chi connectivity index (χ0v) is 12.5. The van der Waals surface area contributed by atoms with Crippen LogP contribution in [0.4, 0.5) is 5.69 Å². The van der Waals surface area contributed by atoms with Crippen LogP contribution in [-0.2, 0) is 6.54 Å². The number of halogens is 1. The van der Waals surface area contributed by atoms with Gasteiger partial charge in [-0.25, -0.2) is 4.68 Å². The summed E-state index contributed by atoms with van der Waals surface area (Å²) in [7, 11) is 0. The summed E-state index contributed by atoms with van der Waals surface area (Å²) in [5.41, 5.74) is 4.37. The van der Waals surface area contributed by atoms with E-state index in [1.807, 2.05) is 36.0 Å². The van der Waals surface area contributed by atoms with Gasteiger partial charge in [0.25, 0.3) is 0 Å². The fourth-order valence-corrected chi connectivity index (χ4v) is 2.45. The Morgan fingerprint density at radius 2 is 1.95 bits per heavy atom. The van der Waals surface area contributed by atoms with Gasteiger partial charge in [0.05, 0.1) is 16.4 Å². The Morgan fingerprint density at radius 3 is 2.62 bits per heavy atom. The first-order valence-electron chi connectivity index (χ1n) is 6.81. The standard InChI is InChI=1S/C17H16ClN3/c1-13-3-8-17(16(18)11-13)19-12-14-4-6-15(7-5-14)21-10-2-9-20-21/h2-11,19H,12H2,1H3. The van der Waals surface area contributed by atoms with E-state index in [0.717, 1.165) is 28.5 Å². The summed E-state index contributed by atoms with van der Waals surface area (Å²) in [5, 5.41) is 8.32. The summed E-state index contributed by atoms with van der Waals surface area (Å²) in [6, 6.07) is 16.2. The molecule has 2 aromatic carbocycles. The Morgan fingerprint density at radius 1 is 1.14 bits per heavy atom. The summed E-state index contributed by atoms with van der Waals surface area (Å²) >= 11 is 6.21. The van der Waals surface area contributed by atoms with Crippen LogP contribution in [0.15, 0.2) is 60.9 Å². The van der Waals surface area contributed by atoms with Crippen molar-refractivity contribution in [3.8, 4) is 5.69 Å². The lowest BCUT2D eigenvalue weighted by atomic mass is 10.2. The number of rotatable bonds is 4. The minimum absolute atomic E-state index is 0.738. The van der Waals surface area contributed by atoms with Crippen LogP contribution in [0.2, 0.25) is 5.02 Å². The van der Waals surface area contributed by atoms with Crippen LogP contribution in [-0.4, -0.2) is 9.78 Å². The van der Waals surface area contributed by atoms with Crippen molar-refractivity contribution in [2.75, 3.05) is 5.32 Å². The summed E-state index contributed by atoms with van der Waals surface area (Å²) in [5.74, 6) is 0. The molecule has 1 N–H and O–H groups in total. The third-order valence-electron chi connectivity index (χ3n) is 3.31. The Hall–Kier alpha value is -2.26. The van der Waals surface area contributed by atoms with Crippen molar-refractivity contribution in [2.24, 2.45) is 0 Å². The second-order valence-corrected chi connectivity index (χ2v) is 5.36. The largest absolute Gasteiger partial charge is 0.380 e. The van der Waals surface area contributed by atoms with E-state index in [2.05, 4.69) is 40.7 Å². The van der Waals surface area contributed by atoms with Crippen molar-refractivity contribution >= 4 is 17.3 Å².